The van der Waals surface area contributed by atoms with Crippen molar-refractivity contribution in [1.29, 1.82) is 0 Å². The van der Waals surface area contributed by atoms with Gasteiger partial charge in [0.2, 0.25) is 0 Å². The molecule has 0 aromatic heterocycles. The van der Waals surface area contributed by atoms with E-state index >= 15 is 0 Å². The minimum Gasteiger partial charge on any atom is -0.481 e. The maximum Gasteiger partial charge on any atom is 0.408 e. The summed E-state index contributed by atoms with van der Waals surface area (Å²) < 4.78 is 5.30. The Morgan fingerprint density at radius 1 is 1.15 bits per heavy atom. The Hall–Kier alpha value is -2.30. The Labute approximate surface area is 156 Å². The molecule has 5 heteroatoms. The van der Waals surface area contributed by atoms with Gasteiger partial charge >= 0.3 is 12.1 Å². The zero-order valence-electron chi connectivity index (χ0n) is 16.4. The van der Waals surface area contributed by atoms with E-state index in [1.807, 2.05) is 30.3 Å². The second kappa shape index (κ2) is 10.00. The van der Waals surface area contributed by atoms with Crippen molar-refractivity contribution >= 4 is 12.1 Å². The zero-order valence-corrected chi connectivity index (χ0v) is 16.4. The van der Waals surface area contributed by atoms with E-state index in [2.05, 4.69) is 19.2 Å². The molecular weight excluding hydrogens is 330 g/mol. The summed E-state index contributed by atoms with van der Waals surface area (Å²) >= 11 is 0. The van der Waals surface area contributed by atoms with Gasteiger partial charge in [0.1, 0.15) is 5.60 Å². The third kappa shape index (κ3) is 9.25. The van der Waals surface area contributed by atoms with Crippen LogP contribution in [0, 0.1) is 11.8 Å². The van der Waals surface area contributed by atoms with Crippen molar-refractivity contribution in [2.75, 3.05) is 0 Å². The van der Waals surface area contributed by atoms with Gasteiger partial charge in [0, 0.05) is 0 Å². The van der Waals surface area contributed by atoms with Crippen LogP contribution in [0.1, 0.15) is 46.6 Å². The molecular formula is C21H31NO4. The standard InChI is InChI=1S/C21H31NO4/c1-15(2)13-18(22-20(25)26-21(3,4)5)12-11-17(19(23)24)14-16-9-7-6-8-10-16/h6-12,15,17-18H,13-14H2,1-5H3,(H,22,25)(H,23,24)/b12-11+/t17-,18-/m1/s1. The molecule has 5 nitrogen and oxygen atoms in total. The quantitative estimate of drug-likeness (QED) is 0.672. The topological polar surface area (TPSA) is 75.6 Å². The molecule has 0 spiro atoms. The number of carbonyl (C=O) groups excluding carboxylic acids is 1. The third-order valence-electron chi connectivity index (χ3n) is 3.62. The maximum absolute atomic E-state index is 12.0. The third-order valence-corrected chi connectivity index (χ3v) is 3.62. The molecule has 26 heavy (non-hydrogen) atoms. The summed E-state index contributed by atoms with van der Waals surface area (Å²) in [5.41, 5.74) is 0.387. The Morgan fingerprint density at radius 2 is 1.77 bits per heavy atom. The highest BCUT2D eigenvalue weighted by atomic mass is 16.6. The van der Waals surface area contributed by atoms with Crippen molar-refractivity contribution in [2.45, 2.75) is 59.1 Å². The number of ether oxygens (including phenoxy) is 1. The van der Waals surface area contributed by atoms with Crippen molar-refractivity contribution in [1.82, 2.24) is 5.32 Å². The Balaban J connectivity index is 2.81. The van der Waals surface area contributed by atoms with Crippen LogP contribution < -0.4 is 5.32 Å². The van der Waals surface area contributed by atoms with Crippen LogP contribution in [0.4, 0.5) is 4.79 Å². The van der Waals surface area contributed by atoms with E-state index in [0.717, 1.165) is 5.56 Å². The summed E-state index contributed by atoms with van der Waals surface area (Å²) in [5, 5.41) is 12.3. The molecule has 0 aliphatic carbocycles. The first-order chi connectivity index (χ1) is 12.1. The average molecular weight is 361 g/mol. The number of carboxylic acids is 1. The molecule has 144 valence electrons. The van der Waals surface area contributed by atoms with E-state index in [1.54, 1.807) is 32.9 Å². The van der Waals surface area contributed by atoms with Crippen molar-refractivity contribution in [3.63, 3.8) is 0 Å². The van der Waals surface area contributed by atoms with Crippen LogP contribution in [0.2, 0.25) is 0 Å². The van der Waals surface area contributed by atoms with Gasteiger partial charge in [-0.05, 0) is 45.1 Å². The van der Waals surface area contributed by atoms with Gasteiger partial charge in [0.05, 0.1) is 12.0 Å². The van der Waals surface area contributed by atoms with E-state index in [0.29, 0.717) is 18.8 Å². The minimum absolute atomic E-state index is 0.275. The zero-order chi connectivity index (χ0) is 19.7. The van der Waals surface area contributed by atoms with Gasteiger partial charge in [-0.1, -0.05) is 56.3 Å². The van der Waals surface area contributed by atoms with Gasteiger partial charge in [-0.25, -0.2) is 4.79 Å². The number of hydrogen-bond donors (Lipinski definition) is 2. The Morgan fingerprint density at radius 3 is 2.27 bits per heavy atom. The largest absolute Gasteiger partial charge is 0.481 e. The molecule has 1 rings (SSSR count). The summed E-state index contributed by atoms with van der Waals surface area (Å²) in [6.07, 6.45) is 4.05. The fourth-order valence-electron chi connectivity index (χ4n) is 2.53. The molecule has 2 atom stereocenters. The van der Waals surface area contributed by atoms with Crippen LogP contribution in [0.15, 0.2) is 42.5 Å². The molecule has 0 bridgehead atoms. The van der Waals surface area contributed by atoms with Crippen LogP contribution in [-0.4, -0.2) is 28.8 Å². The monoisotopic (exact) mass is 361 g/mol. The van der Waals surface area contributed by atoms with E-state index in [9.17, 15) is 14.7 Å². The van der Waals surface area contributed by atoms with Crippen LogP contribution in [0.25, 0.3) is 0 Å². The molecule has 0 aliphatic rings. The first-order valence-corrected chi connectivity index (χ1v) is 9.01. The van der Waals surface area contributed by atoms with Gasteiger partial charge in [-0.2, -0.15) is 0 Å². The molecule has 0 saturated heterocycles. The molecule has 0 fully saturated rings. The van der Waals surface area contributed by atoms with Crippen LogP contribution >= 0.6 is 0 Å². The van der Waals surface area contributed by atoms with Gasteiger partial charge in [0.25, 0.3) is 0 Å². The molecule has 0 unspecified atom stereocenters. The first-order valence-electron chi connectivity index (χ1n) is 9.01. The Kier molecular flexibility index (Phi) is 8.36. The van der Waals surface area contributed by atoms with Crippen molar-refractivity contribution in [2.24, 2.45) is 11.8 Å². The molecule has 1 aromatic rings. The summed E-state index contributed by atoms with van der Waals surface area (Å²) in [6.45, 7) is 9.52. The first kappa shape index (κ1) is 21.7. The predicted octanol–water partition coefficient (Wildman–Crippen LogP) is 4.43. The number of carboxylic acid groups (broad SMARTS) is 1. The average Bonchev–Trinajstić information content (AvgIpc) is 2.49. The van der Waals surface area contributed by atoms with Gasteiger partial charge in [-0.3, -0.25) is 4.79 Å². The summed E-state index contributed by atoms with van der Waals surface area (Å²) in [5.74, 6) is -1.19. The van der Waals surface area contributed by atoms with E-state index in [1.165, 1.54) is 0 Å². The van der Waals surface area contributed by atoms with Crippen molar-refractivity contribution < 1.29 is 19.4 Å². The summed E-state index contributed by atoms with van der Waals surface area (Å²) in [4.78, 5) is 23.6. The predicted molar refractivity (Wildman–Crippen MR) is 103 cm³/mol. The Bertz CT molecular complexity index is 602. The van der Waals surface area contributed by atoms with Crippen LogP contribution in [-0.2, 0) is 16.0 Å². The second-order valence-electron chi connectivity index (χ2n) is 7.90. The molecule has 0 heterocycles. The lowest BCUT2D eigenvalue weighted by Gasteiger charge is -2.23. The number of rotatable bonds is 8. The SMILES string of the molecule is CC(C)C[C@@H](/C=C/[C@H](Cc1ccccc1)C(=O)O)NC(=O)OC(C)(C)C. The maximum atomic E-state index is 12.0. The molecule has 0 aliphatic heterocycles. The lowest BCUT2D eigenvalue weighted by molar-refractivity contribution is -0.140. The molecule has 0 saturated carbocycles. The number of nitrogens with one attached hydrogen (secondary N) is 1. The number of alkyl carbamates (subject to hydrolysis) is 1. The fourth-order valence-corrected chi connectivity index (χ4v) is 2.53. The van der Waals surface area contributed by atoms with Crippen molar-refractivity contribution in [3.05, 3.63) is 48.0 Å². The van der Waals surface area contributed by atoms with Gasteiger partial charge in [-0.15, -0.1) is 0 Å². The van der Waals surface area contributed by atoms with Crippen molar-refractivity contribution in [3.8, 4) is 0 Å². The minimum atomic E-state index is -0.884. The van der Waals surface area contributed by atoms with Crippen LogP contribution in [0.5, 0.6) is 0 Å². The summed E-state index contributed by atoms with van der Waals surface area (Å²) in [7, 11) is 0. The van der Waals surface area contributed by atoms with E-state index < -0.39 is 23.6 Å². The highest BCUT2D eigenvalue weighted by molar-refractivity contribution is 5.72. The fraction of sp³-hybridized carbons (Fsp3) is 0.524. The van der Waals surface area contributed by atoms with E-state index in [-0.39, 0.29) is 6.04 Å². The smallest absolute Gasteiger partial charge is 0.408 e. The molecule has 0 radical (unpaired) electrons. The summed E-state index contributed by atoms with van der Waals surface area (Å²) in [6, 6.07) is 9.23. The number of carbonyl (C=O) groups is 2. The van der Waals surface area contributed by atoms with E-state index in [4.69, 9.17) is 4.74 Å². The molecule has 1 amide bonds. The lowest BCUT2D eigenvalue weighted by Crippen LogP contribution is -2.39. The highest BCUT2D eigenvalue weighted by Gasteiger charge is 2.20. The number of hydrogen-bond acceptors (Lipinski definition) is 3. The second-order valence-corrected chi connectivity index (χ2v) is 7.90. The number of aliphatic carboxylic acids is 1. The highest BCUT2D eigenvalue weighted by Crippen LogP contribution is 2.14. The van der Waals surface area contributed by atoms with Gasteiger partial charge in [0.15, 0.2) is 0 Å². The number of amides is 1. The van der Waals surface area contributed by atoms with Crippen LogP contribution in [0.3, 0.4) is 0 Å². The lowest BCUT2D eigenvalue weighted by atomic mass is 9.96. The normalized spacial score (nSPS) is 14.2. The molecule has 1 aromatic carbocycles. The molecule has 2 N–H and O–H groups in total. The number of benzene rings is 1. The van der Waals surface area contributed by atoms with Gasteiger partial charge < -0.3 is 15.2 Å².